The van der Waals surface area contributed by atoms with Crippen molar-refractivity contribution in [3.63, 3.8) is 0 Å². The summed E-state index contributed by atoms with van der Waals surface area (Å²) in [5, 5.41) is 7.90. The first kappa shape index (κ1) is 8.89. The lowest BCUT2D eigenvalue weighted by Crippen LogP contribution is -2.37. The molecule has 2 rings (SSSR count). The van der Waals surface area contributed by atoms with Crippen molar-refractivity contribution in [2.75, 3.05) is 6.54 Å². The van der Waals surface area contributed by atoms with E-state index in [0.29, 0.717) is 14.0 Å². The summed E-state index contributed by atoms with van der Waals surface area (Å²) in [6.45, 7) is 2.43. The molecule has 0 unspecified atom stereocenters. The van der Waals surface area contributed by atoms with Gasteiger partial charge in [0.2, 0.25) is 0 Å². The summed E-state index contributed by atoms with van der Waals surface area (Å²) in [7, 11) is 0.477. The Hall–Kier alpha value is -0.685. The summed E-state index contributed by atoms with van der Waals surface area (Å²) >= 11 is 3.31. The Bertz CT molecular complexity index is 328. The summed E-state index contributed by atoms with van der Waals surface area (Å²) in [6.07, 6.45) is 0.918. The maximum Gasteiger partial charge on any atom is 0.281 e. The van der Waals surface area contributed by atoms with Gasteiger partial charge in [-0.05, 0) is 15.9 Å². The zero-order chi connectivity index (χ0) is 9.26. The number of carbonyl (C=O) groups is 1. The highest BCUT2D eigenvalue weighted by atomic mass is 79.9. The molecule has 68 valence electrons. The molecule has 0 N–H and O–H groups in total. The normalized spacial score (nSPS) is 16.7. The second-order valence-electron chi connectivity index (χ2n) is 2.94. The van der Waals surface area contributed by atoms with E-state index in [9.17, 15) is 4.79 Å². The lowest BCUT2D eigenvalue weighted by atomic mass is 9.94. The average Bonchev–Trinajstić information content (AvgIpc) is 2.48. The van der Waals surface area contributed by atoms with E-state index in [2.05, 4.69) is 26.1 Å². The minimum Gasteiger partial charge on any atom is -0.331 e. The molecule has 0 saturated carbocycles. The van der Waals surface area contributed by atoms with Crippen molar-refractivity contribution in [3.8, 4) is 0 Å². The van der Waals surface area contributed by atoms with Crippen LogP contribution in [-0.4, -0.2) is 39.7 Å². The molecular formula is C6H8BBrN4O. The third-order valence-electron chi connectivity index (χ3n) is 2.12. The Kier molecular flexibility index (Phi) is 2.46. The van der Waals surface area contributed by atoms with E-state index >= 15 is 0 Å². The standard InChI is InChI=1S/C6H8BBrN4O/c8-6-10-9-5-3-11(7-4-13)1-2-12(5)6/h4,7H,1-3H2. The molecule has 5 nitrogen and oxygen atoms in total. The molecule has 0 radical (unpaired) electrons. The lowest BCUT2D eigenvalue weighted by molar-refractivity contribution is 0.348. The molecular weight excluding hydrogens is 235 g/mol. The summed E-state index contributed by atoms with van der Waals surface area (Å²) in [6, 6.07) is 0. The smallest absolute Gasteiger partial charge is 0.281 e. The lowest BCUT2D eigenvalue weighted by Gasteiger charge is -2.24. The van der Waals surface area contributed by atoms with Crippen molar-refractivity contribution in [2.45, 2.75) is 13.1 Å². The summed E-state index contributed by atoms with van der Waals surface area (Å²) in [5.74, 6) is 0.917. The summed E-state index contributed by atoms with van der Waals surface area (Å²) < 4.78 is 2.79. The van der Waals surface area contributed by atoms with Gasteiger partial charge in [-0.15, -0.1) is 10.2 Å². The minimum absolute atomic E-state index is 0.477. The second kappa shape index (κ2) is 3.59. The molecule has 1 aliphatic rings. The molecule has 0 fully saturated rings. The Morgan fingerprint density at radius 2 is 2.31 bits per heavy atom. The molecule has 0 saturated heterocycles. The minimum atomic E-state index is 0.477. The van der Waals surface area contributed by atoms with Gasteiger partial charge in [0.25, 0.3) is 7.41 Å². The Balaban J connectivity index is 2.15. The maximum atomic E-state index is 10.3. The number of halogens is 1. The molecule has 0 bridgehead atoms. The number of aromatic nitrogens is 3. The number of hydrogen-bond donors (Lipinski definition) is 0. The van der Waals surface area contributed by atoms with Crippen molar-refractivity contribution in [1.29, 1.82) is 0 Å². The number of carbonyl (C=O) groups excluding carboxylic acids is 1. The van der Waals surface area contributed by atoms with Gasteiger partial charge in [0.1, 0.15) is 5.82 Å². The Labute approximate surface area is 84.5 Å². The highest BCUT2D eigenvalue weighted by Crippen LogP contribution is 2.14. The Morgan fingerprint density at radius 3 is 3.08 bits per heavy atom. The highest BCUT2D eigenvalue weighted by molar-refractivity contribution is 9.10. The number of hydrogen-bond acceptors (Lipinski definition) is 4. The molecule has 0 amide bonds. The molecule has 7 heteroatoms. The fraction of sp³-hybridized carbons (Fsp3) is 0.500. The van der Waals surface area contributed by atoms with Crippen LogP contribution in [0.2, 0.25) is 0 Å². The monoisotopic (exact) mass is 242 g/mol. The van der Waals surface area contributed by atoms with Crippen LogP contribution >= 0.6 is 15.9 Å². The molecule has 1 aromatic rings. The third kappa shape index (κ3) is 1.66. The van der Waals surface area contributed by atoms with Gasteiger partial charge in [0, 0.05) is 19.6 Å². The van der Waals surface area contributed by atoms with Gasteiger partial charge in [0.05, 0.1) is 6.19 Å². The van der Waals surface area contributed by atoms with Gasteiger partial charge >= 0.3 is 0 Å². The first-order chi connectivity index (χ1) is 6.31. The van der Waals surface area contributed by atoms with Crippen molar-refractivity contribution < 1.29 is 4.79 Å². The van der Waals surface area contributed by atoms with Gasteiger partial charge in [-0.2, -0.15) is 0 Å². The zero-order valence-electron chi connectivity index (χ0n) is 6.98. The average molecular weight is 243 g/mol. The fourth-order valence-corrected chi connectivity index (χ4v) is 1.89. The first-order valence-corrected chi connectivity index (χ1v) is 4.84. The molecule has 1 aliphatic heterocycles. The van der Waals surface area contributed by atoms with E-state index in [1.165, 1.54) is 0 Å². The highest BCUT2D eigenvalue weighted by Gasteiger charge is 2.19. The van der Waals surface area contributed by atoms with Crippen LogP contribution in [0.4, 0.5) is 0 Å². The largest absolute Gasteiger partial charge is 0.331 e. The first-order valence-electron chi connectivity index (χ1n) is 4.05. The Morgan fingerprint density at radius 1 is 1.46 bits per heavy atom. The van der Waals surface area contributed by atoms with E-state index in [4.69, 9.17) is 0 Å². The van der Waals surface area contributed by atoms with Gasteiger partial charge in [0.15, 0.2) is 4.73 Å². The topological polar surface area (TPSA) is 51.0 Å². The number of fused-ring (bicyclic) bond motifs is 1. The summed E-state index contributed by atoms with van der Waals surface area (Å²) in [4.78, 5) is 12.3. The SMILES string of the molecule is O=CBN1CCn2c(Br)nnc2C1. The van der Waals surface area contributed by atoms with Crippen molar-refractivity contribution >= 4 is 29.5 Å². The van der Waals surface area contributed by atoms with Crippen LogP contribution in [0.15, 0.2) is 4.73 Å². The number of nitrogens with zero attached hydrogens (tertiary/aromatic N) is 4. The van der Waals surface area contributed by atoms with Crippen molar-refractivity contribution in [1.82, 2.24) is 19.6 Å². The molecule has 0 aromatic carbocycles. The molecule has 0 atom stereocenters. The predicted octanol–water partition coefficient (Wildman–Crippen LogP) is -0.602. The van der Waals surface area contributed by atoms with Gasteiger partial charge in [-0.1, -0.05) is 0 Å². The van der Waals surface area contributed by atoms with Crippen molar-refractivity contribution in [3.05, 3.63) is 10.6 Å². The molecule has 0 aliphatic carbocycles. The zero-order valence-corrected chi connectivity index (χ0v) is 8.57. The third-order valence-corrected chi connectivity index (χ3v) is 2.71. The van der Waals surface area contributed by atoms with Gasteiger partial charge in [-0.25, -0.2) is 0 Å². The predicted molar refractivity (Wildman–Crippen MR) is 52.0 cm³/mol. The van der Waals surface area contributed by atoms with Crippen LogP contribution in [-0.2, 0) is 17.9 Å². The quantitative estimate of drug-likeness (QED) is 0.514. The molecule has 13 heavy (non-hydrogen) atoms. The van der Waals surface area contributed by atoms with Crippen LogP contribution in [0, 0.1) is 0 Å². The van der Waals surface area contributed by atoms with Crippen LogP contribution in [0.3, 0.4) is 0 Å². The van der Waals surface area contributed by atoms with Gasteiger partial charge < -0.3 is 14.2 Å². The van der Waals surface area contributed by atoms with E-state index in [1.807, 2.05) is 9.38 Å². The second-order valence-corrected chi connectivity index (χ2v) is 3.65. The maximum absolute atomic E-state index is 10.3. The van der Waals surface area contributed by atoms with E-state index in [0.717, 1.165) is 29.8 Å². The fourth-order valence-electron chi connectivity index (χ4n) is 1.43. The van der Waals surface area contributed by atoms with Crippen LogP contribution in [0.25, 0.3) is 0 Å². The molecule has 0 spiro atoms. The van der Waals surface area contributed by atoms with E-state index in [1.54, 1.807) is 0 Å². The van der Waals surface area contributed by atoms with Crippen LogP contribution in [0.1, 0.15) is 5.82 Å². The van der Waals surface area contributed by atoms with Crippen LogP contribution < -0.4 is 0 Å². The molecule has 2 heterocycles. The van der Waals surface area contributed by atoms with Gasteiger partial charge in [-0.3, -0.25) is 0 Å². The van der Waals surface area contributed by atoms with Crippen LogP contribution in [0.5, 0.6) is 0 Å². The summed E-state index contributed by atoms with van der Waals surface area (Å²) in [5.41, 5.74) is 0. The molecule has 1 aromatic heterocycles. The van der Waals surface area contributed by atoms with Crippen molar-refractivity contribution in [2.24, 2.45) is 0 Å². The number of rotatable bonds is 2. The van der Waals surface area contributed by atoms with E-state index in [-0.39, 0.29) is 0 Å². The van der Waals surface area contributed by atoms with E-state index < -0.39 is 0 Å².